The highest BCUT2D eigenvalue weighted by Crippen LogP contribution is 2.30. The maximum Gasteiger partial charge on any atom is 0.327 e. The molecule has 23 heavy (non-hydrogen) atoms. The van der Waals surface area contributed by atoms with Crippen LogP contribution in [0.15, 0.2) is 29.3 Å². The molecule has 1 fully saturated rings. The van der Waals surface area contributed by atoms with Gasteiger partial charge in [-0.05, 0) is 19.1 Å². The van der Waals surface area contributed by atoms with Crippen LogP contribution in [0.1, 0.15) is 17.3 Å². The molecule has 1 aromatic rings. The van der Waals surface area contributed by atoms with Crippen molar-refractivity contribution in [3.63, 3.8) is 0 Å². The van der Waals surface area contributed by atoms with Crippen LogP contribution in [0.2, 0.25) is 0 Å². The highest BCUT2D eigenvalue weighted by molar-refractivity contribution is 7.99. The molecule has 8 heteroatoms. The number of esters is 1. The van der Waals surface area contributed by atoms with Crippen LogP contribution in [0.4, 0.5) is 5.69 Å². The Bertz CT molecular complexity index is 638. The van der Waals surface area contributed by atoms with E-state index in [0.29, 0.717) is 23.9 Å². The molecule has 0 spiro atoms. The lowest BCUT2D eigenvalue weighted by Gasteiger charge is -2.21. The van der Waals surface area contributed by atoms with Crippen molar-refractivity contribution in [2.45, 2.75) is 13.0 Å². The van der Waals surface area contributed by atoms with Gasteiger partial charge in [-0.25, -0.2) is 0 Å². The molecule has 2 heterocycles. The summed E-state index contributed by atoms with van der Waals surface area (Å²) in [7, 11) is 0. The largest absolute Gasteiger partial charge is 0.465 e. The van der Waals surface area contributed by atoms with E-state index in [2.05, 4.69) is 10.3 Å². The summed E-state index contributed by atoms with van der Waals surface area (Å²) in [6.07, 6.45) is 0. The maximum absolute atomic E-state index is 12.6. The predicted molar refractivity (Wildman–Crippen MR) is 93.5 cm³/mol. The van der Waals surface area contributed by atoms with Gasteiger partial charge in [0.2, 0.25) is 0 Å². The number of ether oxygens (including phenoxy) is 1. The standard InChI is InChI=1S/C15H17N3O3S.ClH/c1-2-21-13(19)7-16-14-12-8-22-9-18(12)15(20)10-5-3-4-6-11(10)17-14;/h3-6,12H,2,7-9H2,1H3,(H,16,17);1H. The van der Waals surface area contributed by atoms with Gasteiger partial charge in [0.25, 0.3) is 5.91 Å². The molecule has 1 N–H and O–H groups in total. The van der Waals surface area contributed by atoms with Crippen molar-refractivity contribution in [3.05, 3.63) is 29.8 Å². The molecule has 3 rings (SSSR count). The molecule has 1 atom stereocenters. The smallest absolute Gasteiger partial charge is 0.327 e. The molecule has 2 aliphatic heterocycles. The third-order valence-corrected chi connectivity index (χ3v) is 4.58. The highest BCUT2D eigenvalue weighted by atomic mass is 35.5. The number of anilines is 1. The first-order chi connectivity index (χ1) is 10.7. The molecule has 0 saturated carbocycles. The Labute approximate surface area is 145 Å². The number of rotatable bonds is 3. The van der Waals surface area contributed by atoms with Gasteiger partial charge in [0, 0.05) is 5.75 Å². The second-order valence-corrected chi connectivity index (χ2v) is 5.97. The Kier molecular flexibility index (Phi) is 5.90. The Hall–Kier alpha value is -1.73. The summed E-state index contributed by atoms with van der Waals surface area (Å²) in [6, 6.07) is 7.24. The van der Waals surface area contributed by atoms with Crippen molar-refractivity contribution in [1.82, 2.24) is 4.90 Å². The summed E-state index contributed by atoms with van der Waals surface area (Å²) in [5.74, 6) is 1.69. The molecular formula is C15H18ClN3O3S. The maximum atomic E-state index is 12.6. The van der Waals surface area contributed by atoms with E-state index in [1.165, 1.54) is 0 Å². The summed E-state index contributed by atoms with van der Waals surface area (Å²) in [6.45, 7) is 2.06. The minimum Gasteiger partial charge on any atom is -0.465 e. The number of nitrogens with zero attached hydrogens (tertiary/aromatic N) is 2. The van der Waals surface area contributed by atoms with Gasteiger partial charge in [-0.1, -0.05) is 12.1 Å². The van der Waals surface area contributed by atoms with E-state index < -0.39 is 0 Å². The minimum absolute atomic E-state index is 0. The molecule has 0 radical (unpaired) electrons. The highest BCUT2D eigenvalue weighted by Gasteiger charge is 2.37. The number of aliphatic imine (C=N–C) groups is 1. The Morgan fingerprint density at radius 2 is 2.26 bits per heavy atom. The summed E-state index contributed by atoms with van der Waals surface area (Å²) in [5, 5.41) is 3.23. The Morgan fingerprint density at radius 1 is 1.48 bits per heavy atom. The second kappa shape index (κ2) is 7.70. The number of carbonyl (C=O) groups excluding carboxylic acids is 2. The zero-order chi connectivity index (χ0) is 15.5. The van der Waals surface area contributed by atoms with Crippen LogP contribution in [0.3, 0.4) is 0 Å². The number of para-hydroxylation sites is 1. The molecule has 0 aromatic heterocycles. The van der Waals surface area contributed by atoms with Gasteiger partial charge in [0.05, 0.1) is 29.8 Å². The van der Waals surface area contributed by atoms with E-state index in [4.69, 9.17) is 4.74 Å². The van der Waals surface area contributed by atoms with Gasteiger partial charge in [0.15, 0.2) is 0 Å². The fraction of sp³-hybridized carbons (Fsp3) is 0.400. The molecule has 1 unspecified atom stereocenters. The van der Waals surface area contributed by atoms with Gasteiger partial charge in [-0.3, -0.25) is 14.6 Å². The van der Waals surface area contributed by atoms with Gasteiger partial charge in [-0.2, -0.15) is 0 Å². The molecule has 6 nitrogen and oxygen atoms in total. The van der Waals surface area contributed by atoms with Gasteiger partial charge >= 0.3 is 5.97 Å². The van der Waals surface area contributed by atoms with E-state index in [1.807, 2.05) is 18.2 Å². The van der Waals surface area contributed by atoms with Crippen molar-refractivity contribution in [3.8, 4) is 0 Å². The molecule has 124 valence electrons. The lowest BCUT2D eigenvalue weighted by atomic mass is 10.1. The number of amides is 1. The van der Waals surface area contributed by atoms with Crippen molar-refractivity contribution in [2.75, 3.05) is 30.1 Å². The molecule has 2 aliphatic rings. The number of halogens is 1. The third-order valence-electron chi connectivity index (χ3n) is 3.56. The quantitative estimate of drug-likeness (QED) is 0.840. The predicted octanol–water partition coefficient (Wildman–Crippen LogP) is 2.01. The molecule has 1 saturated heterocycles. The van der Waals surface area contributed by atoms with Gasteiger partial charge < -0.3 is 15.0 Å². The van der Waals surface area contributed by atoms with Crippen LogP contribution < -0.4 is 5.32 Å². The average Bonchev–Trinajstić information content (AvgIpc) is 2.97. The summed E-state index contributed by atoms with van der Waals surface area (Å²) in [5.41, 5.74) is 1.37. The Morgan fingerprint density at radius 3 is 3.04 bits per heavy atom. The first kappa shape index (κ1) is 17.6. The van der Waals surface area contributed by atoms with Crippen molar-refractivity contribution in [2.24, 2.45) is 4.99 Å². The fourth-order valence-corrected chi connectivity index (χ4v) is 3.69. The van der Waals surface area contributed by atoms with Crippen LogP contribution >= 0.6 is 24.2 Å². The van der Waals surface area contributed by atoms with Crippen LogP contribution in [-0.2, 0) is 9.53 Å². The number of hydrogen-bond acceptors (Lipinski definition) is 5. The minimum atomic E-state index is -0.363. The average molecular weight is 356 g/mol. The first-order valence-corrected chi connectivity index (χ1v) is 8.31. The lowest BCUT2D eigenvalue weighted by molar-refractivity contribution is -0.141. The van der Waals surface area contributed by atoms with E-state index >= 15 is 0 Å². The number of hydrogen-bond donors (Lipinski definition) is 1. The molecule has 0 aliphatic carbocycles. The molecule has 0 bridgehead atoms. The second-order valence-electron chi connectivity index (χ2n) is 4.97. The van der Waals surface area contributed by atoms with Crippen molar-refractivity contribution < 1.29 is 14.3 Å². The number of thioether (sulfide) groups is 1. The summed E-state index contributed by atoms with van der Waals surface area (Å²) in [4.78, 5) is 30.3. The molecule has 1 aromatic carbocycles. The van der Waals surface area contributed by atoms with Gasteiger partial charge in [-0.15, -0.1) is 24.2 Å². The Balaban J connectivity index is 0.00000192. The van der Waals surface area contributed by atoms with Crippen LogP contribution in [-0.4, -0.2) is 53.4 Å². The topological polar surface area (TPSA) is 71.0 Å². The zero-order valence-electron chi connectivity index (χ0n) is 12.7. The SMILES string of the molecule is CCOC(=O)CN=C1Nc2ccccc2C(=O)N2CSCC12.Cl. The number of nitrogens with one attached hydrogen (secondary N) is 1. The number of fused-ring (bicyclic) bond motifs is 2. The van der Waals surface area contributed by atoms with Crippen molar-refractivity contribution in [1.29, 1.82) is 0 Å². The van der Waals surface area contributed by atoms with E-state index in [9.17, 15) is 9.59 Å². The monoisotopic (exact) mass is 355 g/mol. The van der Waals surface area contributed by atoms with Crippen LogP contribution in [0, 0.1) is 0 Å². The fourth-order valence-electron chi connectivity index (χ4n) is 2.53. The van der Waals surface area contributed by atoms with E-state index in [-0.39, 0.29) is 36.9 Å². The number of amidine groups is 1. The third kappa shape index (κ3) is 3.61. The van der Waals surface area contributed by atoms with Crippen LogP contribution in [0.5, 0.6) is 0 Å². The summed E-state index contributed by atoms with van der Waals surface area (Å²) < 4.78 is 4.91. The van der Waals surface area contributed by atoms with Crippen molar-refractivity contribution >= 4 is 47.6 Å². The van der Waals surface area contributed by atoms with Crippen LogP contribution in [0.25, 0.3) is 0 Å². The molecular weight excluding hydrogens is 338 g/mol. The number of benzene rings is 1. The van der Waals surface area contributed by atoms with E-state index in [1.54, 1.807) is 29.7 Å². The summed E-state index contributed by atoms with van der Waals surface area (Å²) >= 11 is 1.68. The lowest BCUT2D eigenvalue weighted by Crippen LogP contribution is -2.42. The van der Waals surface area contributed by atoms with Gasteiger partial charge in [0.1, 0.15) is 12.4 Å². The number of carbonyl (C=O) groups is 2. The normalized spacial score (nSPS) is 20.9. The zero-order valence-corrected chi connectivity index (χ0v) is 14.3. The first-order valence-electron chi connectivity index (χ1n) is 7.15. The van der Waals surface area contributed by atoms with E-state index in [0.717, 1.165) is 11.4 Å². The molecule has 1 amide bonds.